The van der Waals surface area contributed by atoms with Crippen LogP contribution in [0.2, 0.25) is 0 Å². The van der Waals surface area contributed by atoms with E-state index >= 15 is 0 Å². The van der Waals surface area contributed by atoms with Gasteiger partial charge in [0.1, 0.15) is 12.4 Å². The summed E-state index contributed by atoms with van der Waals surface area (Å²) in [4.78, 5) is 29.8. The Bertz CT molecular complexity index is 757. The van der Waals surface area contributed by atoms with Gasteiger partial charge in [0.15, 0.2) is 0 Å². The van der Waals surface area contributed by atoms with Crippen LogP contribution in [0.15, 0.2) is 12.4 Å². The van der Waals surface area contributed by atoms with Crippen LogP contribution in [0.25, 0.3) is 0 Å². The first kappa shape index (κ1) is 21.3. The van der Waals surface area contributed by atoms with Crippen molar-refractivity contribution in [3.05, 3.63) is 44.3 Å². The molecule has 0 aliphatic heterocycles. The molecule has 0 atom stereocenters. The molecule has 12 nitrogen and oxygen atoms in total. The number of imidazole rings is 2. The quantitative estimate of drug-likeness (QED) is 0.327. The zero-order valence-corrected chi connectivity index (χ0v) is 16.2. The fourth-order valence-corrected chi connectivity index (χ4v) is 3.07. The number of aromatic nitrogens is 4. The maximum Gasteiger partial charge on any atom is 0.369 e. The van der Waals surface area contributed by atoms with E-state index in [-0.39, 0.29) is 11.6 Å². The lowest BCUT2D eigenvalue weighted by atomic mass is 10.1. The number of nitrogens with zero attached hydrogens (tertiary/aromatic N) is 7. The minimum atomic E-state index is -0.558. The van der Waals surface area contributed by atoms with Crippen molar-refractivity contribution < 1.29 is 9.85 Å². The van der Waals surface area contributed by atoms with Crippen molar-refractivity contribution in [1.82, 2.24) is 19.3 Å². The van der Waals surface area contributed by atoms with Crippen molar-refractivity contribution in [3.63, 3.8) is 0 Å². The third kappa shape index (κ3) is 4.82. The number of unbranched alkanes of at least 4 members (excludes halogenated alkanes) is 5. The first-order valence-corrected chi connectivity index (χ1v) is 9.24. The van der Waals surface area contributed by atoms with E-state index in [2.05, 4.69) is 9.97 Å². The van der Waals surface area contributed by atoms with Crippen molar-refractivity contribution in [3.8, 4) is 0 Å². The second-order valence-corrected chi connectivity index (χ2v) is 6.47. The third-order valence-electron chi connectivity index (χ3n) is 4.43. The maximum absolute atomic E-state index is 11.4. The number of nitrogens with two attached hydrogens (primary N) is 1. The summed E-state index contributed by atoms with van der Waals surface area (Å²) in [7, 11) is 0. The second-order valence-electron chi connectivity index (χ2n) is 6.47. The first-order chi connectivity index (χ1) is 13.4. The molecule has 0 saturated heterocycles. The molecule has 2 aromatic rings. The Morgan fingerprint density at radius 3 is 1.75 bits per heavy atom. The van der Waals surface area contributed by atoms with Crippen molar-refractivity contribution in [2.45, 2.75) is 52.4 Å². The average molecular weight is 394 g/mol. The summed E-state index contributed by atoms with van der Waals surface area (Å²) in [6.07, 6.45) is 8.01. The van der Waals surface area contributed by atoms with Crippen LogP contribution in [-0.2, 0) is 0 Å². The van der Waals surface area contributed by atoms with Gasteiger partial charge in [0.2, 0.25) is 11.6 Å². The minimum absolute atomic E-state index is 0.261. The summed E-state index contributed by atoms with van der Waals surface area (Å²) in [5.41, 5.74) is 5.49. The summed E-state index contributed by atoms with van der Waals surface area (Å²) in [5, 5.41) is 24.4. The monoisotopic (exact) mass is 394 g/mol. The van der Waals surface area contributed by atoms with E-state index in [9.17, 15) is 20.2 Å². The van der Waals surface area contributed by atoms with Crippen LogP contribution in [-0.4, -0.2) is 42.3 Å². The number of hydrogen-bond acceptors (Lipinski definition) is 8. The molecule has 0 saturated carbocycles. The molecule has 0 radical (unpaired) electrons. The lowest BCUT2D eigenvalue weighted by molar-refractivity contribution is -0.395. The number of aryl methyl sites for hydroxylation is 2. The zero-order valence-electron chi connectivity index (χ0n) is 16.2. The standard InChI is InChI=1S/C16H26N8O4/c1-13-18-11-15(23(25)26)21(13)20(10-8-6-4-3-5-7-9-17)22-14(2)19-12-16(22)24(27)28/h11-12H,3-10,17H2,1-2H3. The Morgan fingerprint density at radius 1 is 0.893 bits per heavy atom. The van der Waals surface area contributed by atoms with Crippen molar-refractivity contribution >= 4 is 11.6 Å². The van der Waals surface area contributed by atoms with Gasteiger partial charge in [-0.3, -0.25) is 0 Å². The topological polar surface area (TPSA) is 151 Å². The van der Waals surface area contributed by atoms with Crippen LogP contribution in [0.5, 0.6) is 0 Å². The molecule has 154 valence electrons. The van der Waals surface area contributed by atoms with Gasteiger partial charge < -0.3 is 26.0 Å². The smallest absolute Gasteiger partial charge is 0.358 e. The second kappa shape index (κ2) is 9.78. The highest BCUT2D eigenvalue weighted by molar-refractivity contribution is 5.27. The molecule has 0 amide bonds. The normalized spacial score (nSPS) is 11.0. The third-order valence-corrected chi connectivity index (χ3v) is 4.43. The molecule has 2 rings (SSSR count). The van der Waals surface area contributed by atoms with Crippen LogP contribution in [0, 0.1) is 34.1 Å². The van der Waals surface area contributed by atoms with Crippen molar-refractivity contribution in [1.29, 1.82) is 0 Å². The Morgan fingerprint density at radius 2 is 1.32 bits per heavy atom. The molecule has 12 heteroatoms. The summed E-state index contributed by atoms with van der Waals surface area (Å²) in [5.74, 6) is 0.194. The molecular weight excluding hydrogens is 368 g/mol. The fraction of sp³-hybridized carbons (Fsp3) is 0.625. The van der Waals surface area contributed by atoms with Crippen molar-refractivity contribution in [2.24, 2.45) is 5.73 Å². The molecule has 0 bridgehead atoms. The lowest BCUT2D eigenvalue weighted by Crippen LogP contribution is -2.42. The van der Waals surface area contributed by atoms with E-state index in [0.29, 0.717) is 31.2 Å². The van der Waals surface area contributed by atoms with E-state index in [0.717, 1.165) is 44.5 Å². The molecule has 0 spiro atoms. The molecular formula is C16H26N8O4. The summed E-state index contributed by atoms with van der Waals surface area (Å²) in [6.45, 7) is 4.25. The summed E-state index contributed by atoms with van der Waals surface area (Å²) in [6, 6.07) is 0. The molecule has 0 aromatic carbocycles. The Labute approximate surface area is 162 Å². The summed E-state index contributed by atoms with van der Waals surface area (Å²) >= 11 is 0. The van der Waals surface area contributed by atoms with E-state index in [4.69, 9.17) is 5.73 Å². The molecule has 0 aliphatic rings. The highest BCUT2D eigenvalue weighted by Crippen LogP contribution is 2.21. The Kier molecular flexibility index (Phi) is 7.44. The number of rotatable bonds is 12. The average Bonchev–Trinajstić information content (AvgIpc) is 3.21. The molecule has 0 aliphatic carbocycles. The lowest BCUT2D eigenvalue weighted by Gasteiger charge is -2.19. The molecule has 0 fully saturated rings. The molecule has 2 heterocycles. The van der Waals surface area contributed by atoms with Crippen molar-refractivity contribution in [2.75, 3.05) is 18.2 Å². The number of hydrogen-bond donors (Lipinski definition) is 1. The predicted molar refractivity (Wildman–Crippen MR) is 102 cm³/mol. The van der Waals surface area contributed by atoms with Crippen LogP contribution in [0.1, 0.15) is 50.2 Å². The number of nitro groups is 2. The van der Waals surface area contributed by atoms with Crippen LogP contribution in [0.3, 0.4) is 0 Å². The van der Waals surface area contributed by atoms with Gasteiger partial charge in [-0.2, -0.15) is 0 Å². The van der Waals surface area contributed by atoms with Gasteiger partial charge >= 0.3 is 11.6 Å². The van der Waals surface area contributed by atoms with Gasteiger partial charge in [0.25, 0.3) is 0 Å². The van der Waals surface area contributed by atoms with Gasteiger partial charge in [-0.05, 0) is 29.2 Å². The van der Waals surface area contributed by atoms with E-state index in [1.54, 1.807) is 13.8 Å². The highest BCUT2D eigenvalue weighted by atomic mass is 16.6. The van der Waals surface area contributed by atoms with Gasteiger partial charge in [-0.25, -0.2) is 9.97 Å². The van der Waals surface area contributed by atoms with Crippen LogP contribution in [0.4, 0.5) is 11.6 Å². The molecule has 2 N–H and O–H groups in total. The summed E-state index contributed by atoms with van der Waals surface area (Å²) < 4.78 is 2.58. The van der Waals surface area contributed by atoms with Crippen LogP contribution < -0.4 is 10.9 Å². The molecule has 28 heavy (non-hydrogen) atoms. The first-order valence-electron chi connectivity index (χ1n) is 9.24. The Balaban J connectivity index is 2.28. The van der Waals surface area contributed by atoms with Gasteiger partial charge in [-0.1, -0.05) is 40.2 Å². The van der Waals surface area contributed by atoms with Gasteiger partial charge in [-0.15, -0.1) is 0 Å². The predicted octanol–water partition coefficient (Wildman–Crippen LogP) is 2.21. The van der Waals surface area contributed by atoms with E-state index in [1.807, 2.05) is 0 Å². The zero-order chi connectivity index (χ0) is 20.7. The van der Waals surface area contributed by atoms with E-state index in [1.165, 1.54) is 14.5 Å². The van der Waals surface area contributed by atoms with Crippen LogP contribution >= 0.6 is 0 Å². The largest absolute Gasteiger partial charge is 0.369 e. The maximum atomic E-state index is 11.4. The van der Waals surface area contributed by atoms with E-state index < -0.39 is 9.85 Å². The molecule has 0 unspecified atom stereocenters. The fourth-order valence-electron chi connectivity index (χ4n) is 3.07. The molecule has 2 aromatic heterocycles. The Hall–Kier alpha value is -3.02. The van der Waals surface area contributed by atoms with Gasteiger partial charge in [0, 0.05) is 13.8 Å². The van der Waals surface area contributed by atoms with Gasteiger partial charge in [0.05, 0.1) is 6.54 Å². The SMILES string of the molecule is Cc1ncc([N+](=O)[O-])n1N(CCCCCCCCN)n1c([N+](=O)[O-])cnc1C. The minimum Gasteiger partial charge on any atom is -0.358 e. The highest BCUT2D eigenvalue weighted by Gasteiger charge is 2.33.